The highest BCUT2D eigenvalue weighted by Gasteiger charge is 2.54. The Balaban J connectivity index is 1.75. The van der Waals surface area contributed by atoms with Gasteiger partial charge in [0.2, 0.25) is 15.9 Å². The number of nitrogens with zero attached hydrogens (tertiary/aromatic N) is 2. The van der Waals surface area contributed by atoms with Crippen molar-refractivity contribution in [2.75, 3.05) is 16.7 Å². The lowest BCUT2D eigenvalue weighted by atomic mass is 9.82. The number of fused-ring (bicyclic) bond motifs is 1. The first-order chi connectivity index (χ1) is 16.2. The number of ketones is 1. The van der Waals surface area contributed by atoms with Crippen LogP contribution in [-0.2, 0) is 36.0 Å². The molecule has 9 nitrogen and oxygen atoms in total. The lowest BCUT2D eigenvalue weighted by Gasteiger charge is -2.33. The summed E-state index contributed by atoms with van der Waals surface area (Å²) >= 11 is 0. The predicted molar refractivity (Wildman–Crippen MR) is 133 cm³/mol. The number of sulfonamides is 1. The van der Waals surface area contributed by atoms with E-state index in [2.05, 4.69) is 9.71 Å². The number of benzene rings is 2. The van der Waals surface area contributed by atoms with E-state index < -0.39 is 48.9 Å². The van der Waals surface area contributed by atoms with Crippen molar-refractivity contribution in [1.29, 1.82) is 0 Å². The lowest BCUT2D eigenvalue weighted by molar-refractivity contribution is -0.132. The molecule has 2 atom stereocenters. The van der Waals surface area contributed by atoms with Crippen LogP contribution in [-0.4, -0.2) is 57.2 Å². The average Bonchev–Trinajstić information content (AvgIpc) is 2.97. The number of sulfone groups is 1. The van der Waals surface area contributed by atoms with Crippen LogP contribution in [0.25, 0.3) is 0 Å². The van der Waals surface area contributed by atoms with E-state index in [4.69, 9.17) is 0 Å². The molecule has 1 N–H and O–H groups in total. The summed E-state index contributed by atoms with van der Waals surface area (Å²) in [5.41, 5.74) is 0.427. The maximum Gasteiger partial charge on any atom is 0.239 e. The third-order valence-corrected chi connectivity index (χ3v) is 8.22. The van der Waals surface area contributed by atoms with Crippen molar-refractivity contribution < 1.29 is 26.4 Å². The van der Waals surface area contributed by atoms with Crippen molar-refractivity contribution in [2.24, 2.45) is 16.3 Å². The fourth-order valence-corrected chi connectivity index (χ4v) is 6.69. The van der Waals surface area contributed by atoms with Crippen LogP contribution in [0.5, 0.6) is 0 Å². The summed E-state index contributed by atoms with van der Waals surface area (Å²) in [5, 5.41) is 0. The van der Waals surface area contributed by atoms with Gasteiger partial charge in [-0.25, -0.2) is 16.8 Å². The van der Waals surface area contributed by atoms with Crippen molar-refractivity contribution in [1.82, 2.24) is 4.90 Å². The van der Waals surface area contributed by atoms with Crippen molar-refractivity contribution in [3.05, 3.63) is 54.1 Å². The van der Waals surface area contributed by atoms with Crippen LogP contribution in [0.15, 0.2) is 58.4 Å². The molecule has 4 rings (SSSR count). The summed E-state index contributed by atoms with van der Waals surface area (Å²) in [4.78, 5) is 32.9. The summed E-state index contributed by atoms with van der Waals surface area (Å²) < 4.78 is 51.6. The second kappa shape index (κ2) is 8.56. The molecule has 1 fully saturated rings. The van der Waals surface area contributed by atoms with E-state index in [9.17, 15) is 26.4 Å². The van der Waals surface area contributed by atoms with E-state index in [1.807, 2.05) is 51.1 Å². The highest BCUT2D eigenvalue weighted by molar-refractivity contribution is 7.92. The van der Waals surface area contributed by atoms with E-state index >= 15 is 0 Å². The number of carbonyl (C=O) groups excluding carboxylic acids is 2. The van der Waals surface area contributed by atoms with Gasteiger partial charge >= 0.3 is 0 Å². The molecule has 1 saturated heterocycles. The molecule has 0 spiro atoms. The summed E-state index contributed by atoms with van der Waals surface area (Å²) in [7, 11) is -7.58. The topological polar surface area (TPSA) is 130 Å². The number of hydrogen-bond donors (Lipinski definition) is 1. The van der Waals surface area contributed by atoms with Gasteiger partial charge in [-0.15, -0.1) is 0 Å². The first-order valence-corrected chi connectivity index (χ1v) is 14.5. The third-order valence-electron chi connectivity index (χ3n) is 5.95. The number of anilines is 1. The standard InChI is InChI=1S/C24H27N3O6S2/c1-24(2,3)22-21(28)20(23(29)27(22)13-15-8-6-5-7-9-15)18-14-35(32,33)19-12-16(26-34(4,30)31)10-11-17(19)25-18/h5-12,20,22,26H,13-14H2,1-4H3/t20?,22-/m1/s1. The minimum absolute atomic E-state index is 0.0128. The average molecular weight is 518 g/mol. The van der Waals surface area contributed by atoms with Crippen molar-refractivity contribution in [3.63, 3.8) is 0 Å². The zero-order chi connectivity index (χ0) is 25.8. The number of Topliss-reactive ketones (excluding diaryl/α,β-unsaturated/α-hetero) is 1. The molecule has 2 aromatic carbocycles. The fourth-order valence-electron chi connectivity index (χ4n) is 4.62. The van der Waals surface area contributed by atoms with Crippen LogP contribution >= 0.6 is 0 Å². The van der Waals surface area contributed by atoms with E-state index in [-0.39, 0.29) is 34.3 Å². The number of rotatable bonds is 5. The highest BCUT2D eigenvalue weighted by Crippen LogP contribution is 2.39. The maximum absolute atomic E-state index is 13.6. The van der Waals surface area contributed by atoms with Gasteiger partial charge in [-0.05, 0) is 29.2 Å². The normalized spacial score (nSPS) is 22.1. The van der Waals surface area contributed by atoms with Crippen LogP contribution in [0.3, 0.4) is 0 Å². The highest BCUT2D eigenvalue weighted by atomic mass is 32.2. The van der Waals surface area contributed by atoms with E-state index in [0.29, 0.717) is 0 Å². The SMILES string of the molecule is CC(C)(C)[C@H]1C(=O)C(C2=Nc3ccc(NS(C)(=O)=O)cc3S(=O)(=O)C2)C(=O)N1Cc1ccccc1. The molecule has 0 aromatic heterocycles. The molecule has 0 radical (unpaired) electrons. The van der Waals surface area contributed by atoms with Gasteiger partial charge in [-0.1, -0.05) is 51.1 Å². The van der Waals surface area contributed by atoms with Gasteiger partial charge in [-0.3, -0.25) is 19.3 Å². The summed E-state index contributed by atoms with van der Waals surface area (Å²) in [6.07, 6.45) is 0.960. The quantitative estimate of drug-likeness (QED) is 0.607. The van der Waals surface area contributed by atoms with Gasteiger partial charge < -0.3 is 4.90 Å². The van der Waals surface area contributed by atoms with Gasteiger partial charge in [-0.2, -0.15) is 0 Å². The van der Waals surface area contributed by atoms with Gasteiger partial charge in [0.05, 0.1) is 34.3 Å². The Morgan fingerprint density at radius 1 is 1.09 bits per heavy atom. The molecule has 1 amide bonds. The Morgan fingerprint density at radius 2 is 1.74 bits per heavy atom. The second-order valence-electron chi connectivity index (χ2n) is 9.97. The number of amides is 1. The Hall–Kier alpha value is -3.05. The summed E-state index contributed by atoms with van der Waals surface area (Å²) in [6.45, 7) is 5.83. The minimum atomic E-state index is -3.97. The molecule has 2 aromatic rings. The zero-order valence-corrected chi connectivity index (χ0v) is 21.5. The molecule has 0 saturated carbocycles. The smallest absolute Gasteiger partial charge is 0.239 e. The monoisotopic (exact) mass is 517 g/mol. The molecule has 11 heteroatoms. The van der Waals surface area contributed by atoms with Crippen LogP contribution in [0.4, 0.5) is 11.4 Å². The fraction of sp³-hybridized carbons (Fsp3) is 0.375. The molecule has 186 valence electrons. The second-order valence-corrected chi connectivity index (χ2v) is 13.7. The molecule has 35 heavy (non-hydrogen) atoms. The van der Waals surface area contributed by atoms with Gasteiger partial charge in [0, 0.05) is 12.2 Å². The van der Waals surface area contributed by atoms with Gasteiger partial charge in [0.15, 0.2) is 15.6 Å². The Morgan fingerprint density at radius 3 is 2.34 bits per heavy atom. The molecule has 2 heterocycles. The first-order valence-electron chi connectivity index (χ1n) is 11.0. The molecule has 0 bridgehead atoms. The number of hydrogen-bond acceptors (Lipinski definition) is 7. The largest absolute Gasteiger partial charge is 0.327 e. The summed E-state index contributed by atoms with van der Waals surface area (Å²) in [5.74, 6) is -2.72. The van der Waals surface area contributed by atoms with Gasteiger partial charge in [0.1, 0.15) is 5.92 Å². The lowest BCUT2D eigenvalue weighted by Crippen LogP contribution is -2.44. The van der Waals surface area contributed by atoms with Crippen LogP contribution in [0, 0.1) is 11.3 Å². The molecular weight excluding hydrogens is 490 g/mol. The van der Waals surface area contributed by atoms with Gasteiger partial charge in [0.25, 0.3) is 0 Å². The Bertz CT molecular complexity index is 1440. The molecule has 0 aliphatic carbocycles. The first kappa shape index (κ1) is 25.1. The Kier molecular flexibility index (Phi) is 6.13. The van der Waals surface area contributed by atoms with Crippen molar-refractivity contribution >= 4 is 48.6 Å². The van der Waals surface area contributed by atoms with E-state index in [0.717, 1.165) is 11.8 Å². The number of nitrogens with one attached hydrogen (secondary N) is 1. The summed E-state index contributed by atoms with van der Waals surface area (Å²) in [6, 6.07) is 12.5. The van der Waals surface area contributed by atoms with Crippen LogP contribution in [0.2, 0.25) is 0 Å². The van der Waals surface area contributed by atoms with E-state index in [1.54, 1.807) is 0 Å². The number of carbonyl (C=O) groups is 2. The van der Waals surface area contributed by atoms with E-state index in [1.165, 1.54) is 23.1 Å². The predicted octanol–water partition coefficient (Wildman–Crippen LogP) is 2.56. The van der Waals surface area contributed by atoms with Crippen LogP contribution in [0.1, 0.15) is 26.3 Å². The van der Waals surface area contributed by atoms with Crippen molar-refractivity contribution in [3.8, 4) is 0 Å². The molecule has 2 aliphatic heterocycles. The zero-order valence-electron chi connectivity index (χ0n) is 19.8. The molecule has 1 unspecified atom stereocenters. The minimum Gasteiger partial charge on any atom is -0.327 e. The third kappa shape index (κ3) is 5.01. The molecular formula is C24H27N3O6S2. The van der Waals surface area contributed by atoms with Crippen LogP contribution < -0.4 is 4.72 Å². The van der Waals surface area contributed by atoms with Crippen molar-refractivity contribution in [2.45, 2.75) is 38.3 Å². The number of likely N-dealkylation sites (tertiary alicyclic amines) is 1. The number of aliphatic imine (C=N–C) groups is 1. The Labute approximate surface area is 205 Å². The maximum atomic E-state index is 13.6. The molecule has 2 aliphatic rings.